The Hall–Kier alpha value is -2.78. The van der Waals surface area contributed by atoms with Gasteiger partial charge in [-0.05, 0) is 42.0 Å². The molecule has 3 aromatic carbocycles. The lowest BCUT2D eigenvalue weighted by molar-refractivity contribution is -0.385. The zero-order valence-electron chi connectivity index (χ0n) is 14.3. The van der Waals surface area contributed by atoms with Gasteiger partial charge in [0.2, 0.25) is 0 Å². The van der Waals surface area contributed by atoms with Crippen molar-refractivity contribution >= 4 is 37.3 Å². The van der Waals surface area contributed by atoms with Gasteiger partial charge in [0, 0.05) is 16.6 Å². The Morgan fingerprint density at radius 3 is 2.32 bits per heavy atom. The molecular formula is C19H14BrFN2O4S. The number of hydrogen-bond donors (Lipinski definition) is 0. The second kappa shape index (κ2) is 8.07. The number of anilines is 1. The van der Waals surface area contributed by atoms with Crippen molar-refractivity contribution < 1.29 is 17.7 Å². The molecule has 0 saturated carbocycles. The van der Waals surface area contributed by atoms with Gasteiger partial charge in [0.25, 0.3) is 15.7 Å². The average molecular weight is 465 g/mol. The van der Waals surface area contributed by atoms with Gasteiger partial charge in [-0.3, -0.25) is 14.4 Å². The third kappa shape index (κ3) is 4.37. The van der Waals surface area contributed by atoms with Crippen LogP contribution in [-0.4, -0.2) is 13.3 Å². The molecule has 0 amide bonds. The summed E-state index contributed by atoms with van der Waals surface area (Å²) in [7, 11) is -4.12. The van der Waals surface area contributed by atoms with E-state index in [4.69, 9.17) is 0 Å². The van der Waals surface area contributed by atoms with Gasteiger partial charge in [-0.25, -0.2) is 12.8 Å². The van der Waals surface area contributed by atoms with Crippen LogP contribution in [-0.2, 0) is 16.6 Å². The normalized spacial score (nSPS) is 11.2. The van der Waals surface area contributed by atoms with Gasteiger partial charge in [-0.1, -0.05) is 40.2 Å². The zero-order chi connectivity index (χ0) is 20.3. The number of rotatable bonds is 6. The Morgan fingerprint density at radius 2 is 1.68 bits per heavy atom. The minimum atomic E-state index is -4.12. The van der Waals surface area contributed by atoms with Gasteiger partial charge >= 0.3 is 0 Å². The molecular weight excluding hydrogens is 451 g/mol. The Bertz CT molecular complexity index is 1120. The van der Waals surface area contributed by atoms with Crippen LogP contribution in [0, 0.1) is 15.9 Å². The van der Waals surface area contributed by atoms with Crippen LogP contribution in [0.15, 0.2) is 82.2 Å². The molecule has 0 aliphatic heterocycles. The van der Waals surface area contributed by atoms with Gasteiger partial charge in [0.1, 0.15) is 5.82 Å². The first-order valence-corrected chi connectivity index (χ1v) is 10.3. The molecule has 28 heavy (non-hydrogen) atoms. The summed E-state index contributed by atoms with van der Waals surface area (Å²) >= 11 is 3.32. The van der Waals surface area contributed by atoms with Crippen LogP contribution < -0.4 is 4.31 Å². The summed E-state index contributed by atoms with van der Waals surface area (Å²) in [6.45, 7) is -0.0677. The predicted octanol–water partition coefficient (Wildman–Crippen LogP) is 4.89. The molecule has 0 spiro atoms. The Kier molecular flexibility index (Phi) is 5.76. The molecule has 0 aliphatic carbocycles. The van der Waals surface area contributed by atoms with E-state index in [2.05, 4.69) is 15.9 Å². The van der Waals surface area contributed by atoms with E-state index in [0.29, 0.717) is 15.7 Å². The van der Waals surface area contributed by atoms with Crippen LogP contribution in [0.2, 0.25) is 0 Å². The van der Waals surface area contributed by atoms with E-state index in [9.17, 15) is 22.9 Å². The van der Waals surface area contributed by atoms with Gasteiger partial charge < -0.3 is 0 Å². The highest BCUT2D eigenvalue weighted by Gasteiger charge is 2.27. The fourth-order valence-electron chi connectivity index (χ4n) is 2.59. The number of benzene rings is 3. The van der Waals surface area contributed by atoms with E-state index in [-0.39, 0.29) is 17.1 Å². The van der Waals surface area contributed by atoms with Crippen molar-refractivity contribution in [1.82, 2.24) is 0 Å². The Balaban J connectivity index is 2.10. The molecule has 0 N–H and O–H groups in total. The van der Waals surface area contributed by atoms with Crippen LogP contribution in [0.25, 0.3) is 0 Å². The quantitative estimate of drug-likeness (QED) is 0.384. The van der Waals surface area contributed by atoms with Crippen LogP contribution in [0.3, 0.4) is 0 Å². The number of non-ortho nitro benzene ring substituents is 1. The fourth-order valence-corrected chi connectivity index (χ4v) is 4.46. The molecule has 0 bridgehead atoms. The lowest BCUT2D eigenvalue weighted by atomic mass is 10.2. The maximum atomic E-state index is 13.3. The molecule has 144 valence electrons. The van der Waals surface area contributed by atoms with Crippen molar-refractivity contribution in [3.8, 4) is 0 Å². The summed E-state index contributed by atoms with van der Waals surface area (Å²) in [5.74, 6) is -0.431. The first-order chi connectivity index (χ1) is 13.3. The van der Waals surface area contributed by atoms with Gasteiger partial charge in [-0.15, -0.1) is 0 Å². The number of nitro groups is 1. The molecule has 0 aromatic heterocycles. The topological polar surface area (TPSA) is 80.5 Å². The third-order valence-electron chi connectivity index (χ3n) is 3.95. The second-order valence-electron chi connectivity index (χ2n) is 5.87. The number of halogens is 2. The molecule has 3 aromatic rings. The maximum Gasteiger partial charge on any atom is 0.270 e. The van der Waals surface area contributed by atoms with E-state index < -0.39 is 20.8 Å². The number of nitrogens with zero attached hydrogens (tertiary/aromatic N) is 2. The first kappa shape index (κ1) is 20.0. The molecule has 0 unspecified atom stereocenters. The highest BCUT2D eigenvalue weighted by molar-refractivity contribution is 9.10. The maximum absolute atomic E-state index is 13.3. The van der Waals surface area contributed by atoms with Crippen molar-refractivity contribution in [3.63, 3.8) is 0 Å². The van der Waals surface area contributed by atoms with Crippen LogP contribution >= 0.6 is 15.9 Å². The summed E-state index contributed by atoms with van der Waals surface area (Å²) in [5.41, 5.74) is 0.609. The number of nitro benzene ring substituents is 1. The smallest absolute Gasteiger partial charge is 0.262 e. The lowest BCUT2D eigenvalue weighted by Crippen LogP contribution is -2.30. The van der Waals surface area contributed by atoms with Crippen molar-refractivity contribution in [3.05, 3.63) is 98.8 Å². The zero-order valence-corrected chi connectivity index (χ0v) is 16.7. The van der Waals surface area contributed by atoms with Crippen molar-refractivity contribution in [1.29, 1.82) is 0 Å². The number of hydrogen-bond acceptors (Lipinski definition) is 4. The molecule has 6 nitrogen and oxygen atoms in total. The van der Waals surface area contributed by atoms with Crippen molar-refractivity contribution in [2.75, 3.05) is 4.31 Å². The second-order valence-corrected chi connectivity index (χ2v) is 8.65. The lowest BCUT2D eigenvalue weighted by Gasteiger charge is -2.25. The SMILES string of the molecule is O=[N+]([O-])c1cccc(S(=O)(=O)N(Cc2ccc(F)cc2)c2cccc(Br)c2)c1. The summed E-state index contributed by atoms with van der Waals surface area (Å²) in [4.78, 5) is 10.2. The molecule has 0 atom stereocenters. The molecule has 0 saturated heterocycles. The van der Waals surface area contributed by atoms with E-state index in [1.165, 1.54) is 42.5 Å². The summed E-state index contributed by atoms with van der Waals surface area (Å²) in [6, 6.07) is 17.0. The molecule has 0 fully saturated rings. The first-order valence-electron chi connectivity index (χ1n) is 8.04. The molecule has 0 heterocycles. The molecule has 0 aliphatic rings. The monoisotopic (exact) mass is 464 g/mol. The van der Waals surface area contributed by atoms with E-state index in [1.54, 1.807) is 24.3 Å². The highest BCUT2D eigenvalue weighted by Crippen LogP contribution is 2.29. The van der Waals surface area contributed by atoms with E-state index in [0.717, 1.165) is 10.4 Å². The van der Waals surface area contributed by atoms with Gasteiger partial charge in [-0.2, -0.15) is 0 Å². The standard InChI is InChI=1S/C19H14BrFN2O4S/c20-15-3-1-4-17(11-15)22(13-14-7-9-16(21)10-8-14)28(26,27)19-6-2-5-18(12-19)23(24)25/h1-12H,13H2. The number of sulfonamides is 1. The summed E-state index contributed by atoms with van der Waals surface area (Å²) < 4.78 is 41.6. The van der Waals surface area contributed by atoms with Gasteiger partial charge in [0.15, 0.2) is 0 Å². The van der Waals surface area contributed by atoms with E-state index >= 15 is 0 Å². The van der Waals surface area contributed by atoms with Crippen LogP contribution in [0.5, 0.6) is 0 Å². The van der Waals surface area contributed by atoms with Gasteiger partial charge in [0.05, 0.1) is 22.1 Å². The fraction of sp³-hybridized carbons (Fsp3) is 0.0526. The summed E-state index contributed by atoms with van der Waals surface area (Å²) in [5, 5.41) is 11.0. The third-order valence-corrected chi connectivity index (χ3v) is 6.22. The van der Waals surface area contributed by atoms with Crippen LogP contribution in [0.4, 0.5) is 15.8 Å². The van der Waals surface area contributed by atoms with E-state index in [1.807, 2.05) is 0 Å². The van der Waals surface area contributed by atoms with Crippen molar-refractivity contribution in [2.45, 2.75) is 11.4 Å². The molecule has 0 radical (unpaired) electrons. The van der Waals surface area contributed by atoms with Crippen molar-refractivity contribution in [2.24, 2.45) is 0 Å². The summed E-state index contributed by atoms with van der Waals surface area (Å²) in [6.07, 6.45) is 0. The largest absolute Gasteiger partial charge is 0.270 e. The predicted molar refractivity (Wildman–Crippen MR) is 107 cm³/mol. The minimum absolute atomic E-state index is 0.0677. The highest BCUT2D eigenvalue weighted by atomic mass is 79.9. The Morgan fingerprint density at radius 1 is 1.00 bits per heavy atom. The molecule has 9 heteroatoms. The average Bonchev–Trinajstić information content (AvgIpc) is 2.67. The van der Waals surface area contributed by atoms with Crippen LogP contribution in [0.1, 0.15) is 5.56 Å². The molecule has 3 rings (SSSR count). The Labute approximate surface area is 169 Å². The minimum Gasteiger partial charge on any atom is -0.262 e.